The van der Waals surface area contributed by atoms with E-state index in [1.54, 1.807) is 11.8 Å². The van der Waals surface area contributed by atoms with Crippen molar-refractivity contribution in [3.05, 3.63) is 59.7 Å². The fraction of sp³-hybridized carbons (Fsp3) is 0.300. The van der Waals surface area contributed by atoms with Gasteiger partial charge in [0, 0.05) is 11.3 Å². The number of amides is 1. The molecule has 0 saturated carbocycles. The molecular weight excluding hydrogens is 348 g/mol. The van der Waals surface area contributed by atoms with Gasteiger partial charge in [0.2, 0.25) is 0 Å². The van der Waals surface area contributed by atoms with Gasteiger partial charge in [0.25, 0.3) is 5.91 Å². The maximum absolute atomic E-state index is 12.2. The van der Waals surface area contributed by atoms with E-state index < -0.39 is 0 Å². The lowest BCUT2D eigenvalue weighted by atomic mass is 10.1. The average molecular weight is 370 g/mol. The van der Waals surface area contributed by atoms with Crippen molar-refractivity contribution >= 4 is 23.4 Å². The Morgan fingerprint density at radius 3 is 2.65 bits per heavy atom. The maximum Gasteiger partial charge on any atom is 0.252 e. The van der Waals surface area contributed by atoms with Crippen molar-refractivity contribution in [1.29, 1.82) is 0 Å². The number of hydrogen-bond donors (Lipinski definition) is 1. The summed E-state index contributed by atoms with van der Waals surface area (Å²) in [6.07, 6.45) is 0. The Labute approximate surface area is 157 Å². The third-order valence-corrected chi connectivity index (χ3v) is 5.22. The van der Waals surface area contributed by atoms with E-state index in [4.69, 9.17) is 9.47 Å². The van der Waals surface area contributed by atoms with Crippen LogP contribution >= 0.6 is 11.8 Å². The number of rotatable bonds is 6. The number of hydrogen-bond acceptors (Lipinski definition) is 5. The van der Waals surface area contributed by atoms with Crippen LogP contribution in [0.15, 0.2) is 53.6 Å². The quantitative estimate of drug-likeness (QED) is 0.623. The van der Waals surface area contributed by atoms with Gasteiger partial charge in [0.15, 0.2) is 11.5 Å². The van der Waals surface area contributed by atoms with Gasteiger partial charge in [-0.2, -0.15) is 5.10 Å². The third-order valence-electron chi connectivity index (χ3n) is 4.01. The first-order valence-corrected chi connectivity index (χ1v) is 9.58. The zero-order chi connectivity index (χ0) is 18.4. The minimum Gasteiger partial charge on any atom is -0.486 e. The molecule has 1 amide bonds. The van der Waals surface area contributed by atoms with E-state index in [9.17, 15) is 4.79 Å². The van der Waals surface area contributed by atoms with Crippen LogP contribution in [0.1, 0.15) is 25.0 Å². The predicted molar refractivity (Wildman–Crippen MR) is 105 cm³/mol. The van der Waals surface area contributed by atoms with E-state index in [0.29, 0.717) is 19.0 Å². The topological polar surface area (TPSA) is 59.9 Å². The summed E-state index contributed by atoms with van der Waals surface area (Å²) in [6.45, 7) is 4.85. The Hall–Kier alpha value is -2.47. The summed E-state index contributed by atoms with van der Waals surface area (Å²) in [7, 11) is 0. The number of ether oxygens (including phenoxy) is 2. The van der Waals surface area contributed by atoms with E-state index in [0.717, 1.165) is 22.8 Å². The molecule has 1 atom stereocenters. The van der Waals surface area contributed by atoms with Crippen molar-refractivity contribution in [1.82, 2.24) is 5.43 Å². The molecule has 0 saturated heterocycles. The number of nitrogens with one attached hydrogen (secondary N) is 1. The lowest BCUT2D eigenvalue weighted by molar-refractivity contribution is -0.120. The summed E-state index contributed by atoms with van der Waals surface area (Å²) in [6, 6.07) is 15.8. The number of benzene rings is 2. The SMILES string of the molecule is C/C(=N\NC(=O)C(C)SCc1ccccc1)c1ccc2c(c1)OCCO2. The number of nitrogens with zero attached hydrogens (tertiary/aromatic N) is 1. The molecule has 0 spiro atoms. The molecule has 26 heavy (non-hydrogen) atoms. The molecule has 0 aromatic heterocycles. The van der Waals surface area contributed by atoms with Gasteiger partial charge in [-0.3, -0.25) is 4.79 Å². The Balaban J connectivity index is 1.55. The summed E-state index contributed by atoms with van der Waals surface area (Å²) in [4.78, 5) is 12.2. The van der Waals surface area contributed by atoms with Gasteiger partial charge in [0.1, 0.15) is 13.2 Å². The second-order valence-corrected chi connectivity index (χ2v) is 7.30. The molecule has 0 aliphatic carbocycles. The van der Waals surface area contributed by atoms with E-state index in [1.165, 1.54) is 5.56 Å². The van der Waals surface area contributed by atoms with Gasteiger partial charge in [0.05, 0.1) is 11.0 Å². The highest BCUT2D eigenvalue weighted by Gasteiger charge is 2.15. The van der Waals surface area contributed by atoms with Crippen LogP contribution in [0.5, 0.6) is 11.5 Å². The number of carbonyl (C=O) groups is 1. The zero-order valence-electron chi connectivity index (χ0n) is 14.9. The summed E-state index contributed by atoms with van der Waals surface area (Å²) < 4.78 is 11.1. The molecule has 3 rings (SSSR count). The van der Waals surface area contributed by atoms with Crippen LogP contribution in [0.25, 0.3) is 0 Å². The van der Waals surface area contributed by atoms with Crippen LogP contribution in [0, 0.1) is 0 Å². The molecule has 0 fully saturated rings. The van der Waals surface area contributed by atoms with Crippen LogP contribution in [0.2, 0.25) is 0 Å². The molecule has 6 heteroatoms. The van der Waals surface area contributed by atoms with Crippen molar-refractivity contribution in [3.8, 4) is 11.5 Å². The number of carbonyl (C=O) groups excluding carboxylic acids is 1. The molecule has 1 aliphatic heterocycles. The van der Waals surface area contributed by atoms with Gasteiger partial charge in [-0.25, -0.2) is 5.43 Å². The maximum atomic E-state index is 12.2. The van der Waals surface area contributed by atoms with Crippen molar-refractivity contribution in [2.75, 3.05) is 13.2 Å². The van der Waals surface area contributed by atoms with Gasteiger partial charge < -0.3 is 9.47 Å². The second-order valence-electron chi connectivity index (χ2n) is 5.97. The molecule has 0 bridgehead atoms. The van der Waals surface area contributed by atoms with Crippen LogP contribution in [0.3, 0.4) is 0 Å². The van der Waals surface area contributed by atoms with E-state index in [2.05, 4.69) is 22.7 Å². The number of hydrazone groups is 1. The van der Waals surface area contributed by atoms with Crippen molar-refractivity contribution in [2.24, 2.45) is 5.10 Å². The molecule has 1 unspecified atom stereocenters. The molecule has 136 valence electrons. The predicted octanol–water partition coefficient (Wildman–Crippen LogP) is 3.62. The van der Waals surface area contributed by atoms with E-state index >= 15 is 0 Å². The van der Waals surface area contributed by atoms with Gasteiger partial charge in [-0.1, -0.05) is 30.3 Å². The van der Waals surface area contributed by atoms with Gasteiger partial charge >= 0.3 is 0 Å². The van der Waals surface area contributed by atoms with E-state index in [1.807, 2.05) is 50.2 Å². The lowest BCUT2D eigenvalue weighted by Crippen LogP contribution is -2.27. The Morgan fingerprint density at radius 1 is 1.15 bits per heavy atom. The Morgan fingerprint density at radius 2 is 1.88 bits per heavy atom. The first-order valence-electron chi connectivity index (χ1n) is 8.53. The van der Waals surface area contributed by atoms with Crippen molar-refractivity contribution < 1.29 is 14.3 Å². The average Bonchev–Trinajstić information content (AvgIpc) is 2.70. The van der Waals surface area contributed by atoms with Crippen LogP contribution in [-0.2, 0) is 10.5 Å². The summed E-state index contributed by atoms with van der Waals surface area (Å²) in [5.41, 5.74) is 5.46. The number of thioether (sulfide) groups is 1. The molecule has 2 aromatic carbocycles. The minimum atomic E-state index is -0.188. The molecule has 1 N–H and O–H groups in total. The fourth-order valence-electron chi connectivity index (χ4n) is 2.43. The van der Waals surface area contributed by atoms with Crippen molar-refractivity contribution in [2.45, 2.75) is 24.9 Å². The highest BCUT2D eigenvalue weighted by Crippen LogP contribution is 2.30. The highest BCUT2D eigenvalue weighted by molar-refractivity contribution is 7.99. The van der Waals surface area contributed by atoms with Crippen LogP contribution < -0.4 is 14.9 Å². The standard InChI is InChI=1S/C20H22N2O3S/c1-14(17-8-9-18-19(12-17)25-11-10-24-18)21-22-20(23)15(2)26-13-16-6-4-3-5-7-16/h3-9,12,15H,10-11,13H2,1-2H3,(H,22,23)/b21-14+. The summed E-state index contributed by atoms with van der Waals surface area (Å²) in [5, 5.41) is 4.04. The lowest BCUT2D eigenvalue weighted by Gasteiger charge is -2.18. The molecular formula is C20H22N2O3S. The first-order chi connectivity index (χ1) is 12.6. The highest BCUT2D eigenvalue weighted by atomic mass is 32.2. The third kappa shape index (κ3) is 4.79. The van der Waals surface area contributed by atoms with Crippen molar-refractivity contribution in [3.63, 3.8) is 0 Å². The number of fused-ring (bicyclic) bond motifs is 1. The zero-order valence-corrected chi connectivity index (χ0v) is 15.7. The molecule has 1 aliphatic rings. The van der Waals surface area contributed by atoms with Gasteiger partial charge in [-0.05, 0) is 37.6 Å². The second kappa shape index (κ2) is 8.76. The monoisotopic (exact) mass is 370 g/mol. The molecule has 5 nitrogen and oxygen atoms in total. The largest absolute Gasteiger partial charge is 0.486 e. The summed E-state index contributed by atoms with van der Waals surface area (Å²) >= 11 is 1.59. The smallest absolute Gasteiger partial charge is 0.252 e. The van der Waals surface area contributed by atoms with Gasteiger partial charge in [-0.15, -0.1) is 11.8 Å². The molecule has 2 aromatic rings. The Bertz CT molecular complexity index is 793. The molecule has 1 heterocycles. The van der Waals surface area contributed by atoms with Crippen LogP contribution in [0.4, 0.5) is 0 Å². The van der Waals surface area contributed by atoms with Crippen LogP contribution in [-0.4, -0.2) is 30.1 Å². The minimum absolute atomic E-state index is 0.108. The normalized spacial score (nSPS) is 14.6. The fourth-order valence-corrected chi connectivity index (χ4v) is 3.27. The van der Waals surface area contributed by atoms with E-state index in [-0.39, 0.29) is 11.2 Å². The first kappa shape index (κ1) is 18.3. The molecule has 0 radical (unpaired) electrons. The Kier molecular flexibility index (Phi) is 6.17. The summed E-state index contributed by atoms with van der Waals surface area (Å²) in [5.74, 6) is 2.13.